The van der Waals surface area contributed by atoms with Crippen LogP contribution in [-0.2, 0) is 11.3 Å². The molecule has 0 saturated carbocycles. The number of rotatable bonds is 1. The Morgan fingerprint density at radius 1 is 1.04 bits per heavy atom. The number of hydrogen-bond acceptors (Lipinski definition) is 4. The quantitative estimate of drug-likeness (QED) is 0.716. The summed E-state index contributed by atoms with van der Waals surface area (Å²) in [6.45, 7) is 0.770. The first-order chi connectivity index (χ1) is 11.6. The summed E-state index contributed by atoms with van der Waals surface area (Å²) in [5.41, 5.74) is 3.15. The predicted molar refractivity (Wildman–Crippen MR) is 95.7 cm³/mol. The van der Waals surface area contributed by atoms with Crippen LogP contribution in [0.4, 0.5) is 11.5 Å². The first kappa shape index (κ1) is 15.2. The zero-order valence-electron chi connectivity index (χ0n) is 12.5. The monoisotopic (exact) mass is 358 g/mol. The van der Waals surface area contributed by atoms with Gasteiger partial charge in [-0.3, -0.25) is 9.78 Å². The van der Waals surface area contributed by atoms with Gasteiger partial charge in [0.05, 0.1) is 33.8 Å². The van der Waals surface area contributed by atoms with Gasteiger partial charge in [-0.25, -0.2) is 4.98 Å². The number of fused-ring (bicyclic) bond motifs is 2. The van der Waals surface area contributed by atoms with E-state index in [1.165, 1.54) is 0 Å². The highest BCUT2D eigenvalue weighted by Gasteiger charge is 2.20. The van der Waals surface area contributed by atoms with Crippen LogP contribution >= 0.6 is 23.2 Å². The molecule has 1 aliphatic rings. The molecule has 24 heavy (non-hydrogen) atoms. The van der Waals surface area contributed by atoms with Crippen LogP contribution in [0.25, 0.3) is 11.0 Å². The number of anilines is 2. The van der Waals surface area contributed by atoms with Gasteiger partial charge in [0.1, 0.15) is 5.82 Å². The molecule has 0 bridgehead atoms. The predicted octanol–water partition coefficient (Wildman–Crippen LogP) is 3.90. The molecule has 0 radical (unpaired) electrons. The van der Waals surface area contributed by atoms with E-state index in [0.717, 1.165) is 11.3 Å². The van der Waals surface area contributed by atoms with Crippen molar-refractivity contribution in [2.75, 3.05) is 16.8 Å². The summed E-state index contributed by atoms with van der Waals surface area (Å²) in [7, 11) is 0. The minimum absolute atomic E-state index is 0.0871. The fourth-order valence-electron chi connectivity index (χ4n) is 2.72. The molecule has 0 atom stereocenters. The number of halogens is 2. The summed E-state index contributed by atoms with van der Waals surface area (Å²) < 4.78 is 0. The zero-order valence-corrected chi connectivity index (χ0v) is 14.0. The molecule has 0 aliphatic carbocycles. The second-order valence-corrected chi connectivity index (χ2v) is 6.36. The van der Waals surface area contributed by atoms with E-state index >= 15 is 0 Å². The Morgan fingerprint density at radius 2 is 1.79 bits per heavy atom. The molecule has 1 amide bonds. The maximum Gasteiger partial charge on any atom is 0.243 e. The molecular formula is C17H12Cl2N4O. The summed E-state index contributed by atoms with van der Waals surface area (Å²) >= 11 is 12.1. The van der Waals surface area contributed by atoms with E-state index in [1.807, 2.05) is 29.2 Å². The lowest BCUT2D eigenvalue weighted by Crippen LogP contribution is -2.30. The van der Waals surface area contributed by atoms with Crippen LogP contribution in [0.2, 0.25) is 10.0 Å². The highest BCUT2D eigenvalue weighted by atomic mass is 35.5. The van der Waals surface area contributed by atoms with Crippen LogP contribution in [0, 0.1) is 0 Å². The summed E-state index contributed by atoms with van der Waals surface area (Å²) in [6, 6.07) is 11.1. The number of nitrogens with one attached hydrogen (secondary N) is 1. The van der Waals surface area contributed by atoms with E-state index in [1.54, 1.807) is 18.3 Å². The van der Waals surface area contributed by atoms with Gasteiger partial charge in [0.15, 0.2) is 0 Å². The van der Waals surface area contributed by atoms with Crippen molar-refractivity contribution in [2.24, 2.45) is 0 Å². The van der Waals surface area contributed by atoms with Crippen molar-refractivity contribution < 1.29 is 4.79 Å². The highest BCUT2D eigenvalue weighted by Crippen LogP contribution is 2.28. The first-order valence-electron chi connectivity index (χ1n) is 7.35. The maximum atomic E-state index is 12.2. The highest BCUT2D eigenvalue weighted by molar-refractivity contribution is 6.42. The molecule has 120 valence electrons. The van der Waals surface area contributed by atoms with E-state index in [9.17, 15) is 4.79 Å². The molecule has 4 rings (SSSR count). The minimum atomic E-state index is -0.0871. The Balaban J connectivity index is 1.76. The Labute approximate surface area is 148 Å². The van der Waals surface area contributed by atoms with Crippen LogP contribution in [0.3, 0.4) is 0 Å². The summed E-state index contributed by atoms with van der Waals surface area (Å²) in [5, 5.41) is 3.77. The number of hydrogen-bond donors (Lipinski definition) is 1. The van der Waals surface area contributed by atoms with E-state index in [2.05, 4.69) is 15.3 Å². The van der Waals surface area contributed by atoms with Gasteiger partial charge >= 0.3 is 0 Å². The number of carbonyl (C=O) groups is 1. The van der Waals surface area contributed by atoms with Gasteiger partial charge in [-0.1, -0.05) is 41.4 Å². The maximum absolute atomic E-state index is 12.2. The average molecular weight is 359 g/mol. The van der Waals surface area contributed by atoms with E-state index < -0.39 is 0 Å². The molecule has 2 heterocycles. The lowest BCUT2D eigenvalue weighted by atomic mass is 10.2. The SMILES string of the molecule is O=C1CN(c2cnc3cc(Cl)c(Cl)cc3n2)Cc2ccccc2N1. The van der Waals surface area contributed by atoms with Gasteiger partial charge in [-0.2, -0.15) is 0 Å². The largest absolute Gasteiger partial charge is 0.342 e. The van der Waals surface area contributed by atoms with Crippen LogP contribution in [0.5, 0.6) is 0 Å². The number of aromatic nitrogens is 2. The van der Waals surface area contributed by atoms with Crippen LogP contribution in [-0.4, -0.2) is 22.4 Å². The fourth-order valence-corrected chi connectivity index (χ4v) is 3.03. The van der Waals surface area contributed by atoms with Crippen molar-refractivity contribution in [3.8, 4) is 0 Å². The molecular weight excluding hydrogens is 347 g/mol. The van der Waals surface area contributed by atoms with Crippen LogP contribution in [0.15, 0.2) is 42.6 Å². The summed E-state index contributed by atoms with van der Waals surface area (Å²) in [6.07, 6.45) is 1.65. The second-order valence-electron chi connectivity index (χ2n) is 5.54. The molecule has 0 unspecified atom stereocenters. The van der Waals surface area contributed by atoms with E-state index in [-0.39, 0.29) is 12.5 Å². The van der Waals surface area contributed by atoms with Crippen molar-refractivity contribution >= 4 is 51.6 Å². The van der Waals surface area contributed by atoms with Crippen molar-refractivity contribution in [3.05, 3.63) is 58.2 Å². The number of amides is 1. The van der Waals surface area contributed by atoms with E-state index in [4.69, 9.17) is 23.2 Å². The molecule has 2 aromatic carbocycles. The number of carbonyl (C=O) groups excluding carboxylic acids is 1. The summed E-state index contributed by atoms with van der Waals surface area (Å²) in [5.74, 6) is 0.531. The van der Waals surface area contributed by atoms with Gasteiger partial charge in [0.25, 0.3) is 0 Å². The van der Waals surface area contributed by atoms with Crippen LogP contribution < -0.4 is 10.2 Å². The normalized spacial score (nSPS) is 14.2. The van der Waals surface area contributed by atoms with Crippen molar-refractivity contribution in [1.29, 1.82) is 0 Å². The molecule has 0 spiro atoms. The number of nitrogens with zero attached hydrogens (tertiary/aromatic N) is 3. The van der Waals surface area contributed by atoms with Crippen LogP contribution in [0.1, 0.15) is 5.56 Å². The van der Waals surface area contributed by atoms with Gasteiger partial charge < -0.3 is 10.2 Å². The average Bonchev–Trinajstić information content (AvgIpc) is 2.73. The van der Waals surface area contributed by atoms with Gasteiger partial charge in [-0.15, -0.1) is 0 Å². The van der Waals surface area contributed by atoms with Crippen molar-refractivity contribution in [3.63, 3.8) is 0 Å². The Hall–Kier alpha value is -2.37. The first-order valence-corrected chi connectivity index (χ1v) is 8.10. The third kappa shape index (κ3) is 2.77. The second kappa shape index (κ2) is 5.92. The molecule has 7 heteroatoms. The van der Waals surface area contributed by atoms with Gasteiger partial charge in [0.2, 0.25) is 5.91 Å². The lowest BCUT2D eigenvalue weighted by Gasteiger charge is -2.20. The third-order valence-electron chi connectivity index (χ3n) is 3.88. The molecule has 1 aliphatic heterocycles. The van der Waals surface area contributed by atoms with Crippen molar-refractivity contribution in [2.45, 2.75) is 6.54 Å². The Bertz CT molecular complexity index is 960. The molecule has 1 aromatic heterocycles. The number of para-hydroxylation sites is 1. The Kier molecular flexibility index (Phi) is 3.75. The molecule has 3 aromatic rings. The fraction of sp³-hybridized carbons (Fsp3) is 0.118. The molecule has 0 fully saturated rings. The molecule has 1 N–H and O–H groups in total. The minimum Gasteiger partial charge on any atom is -0.342 e. The zero-order chi connectivity index (χ0) is 16.7. The number of benzene rings is 2. The lowest BCUT2D eigenvalue weighted by molar-refractivity contribution is -0.114. The van der Waals surface area contributed by atoms with Gasteiger partial charge in [-0.05, 0) is 23.8 Å². The van der Waals surface area contributed by atoms with Crippen molar-refractivity contribution in [1.82, 2.24) is 9.97 Å². The van der Waals surface area contributed by atoms with E-state index in [0.29, 0.717) is 33.4 Å². The topological polar surface area (TPSA) is 58.1 Å². The molecule has 5 nitrogen and oxygen atoms in total. The standard InChI is InChI=1S/C17H12Cl2N4O/c18-11-5-14-15(6-12(11)19)21-16(7-20-14)23-8-10-3-1-2-4-13(10)22-17(24)9-23/h1-7H,8-9H2,(H,22,24). The third-order valence-corrected chi connectivity index (χ3v) is 4.60. The smallest absolute Gasteiger partial charge is 0.243 e. The summed E-state index contributed by atoms with van der Waals surface area (Å²) in [4.78, 5) is 23.0. The van der Waals surface area contributed by atoms with Gasteiger partial charge in [0, 0.05) is 12.2 Å². The molecule has 0 saturated heterocycles. The Morgan fingerprint density at radius 3 is 2.62 bits per heavy atom.